The van der Waals surface area contributed by atoms with E-state index in [0.717, 1.165) is 44.1 Å². The highest BCUT2D eigenvalue weighted by atomic mass is 16.3. The summed E-state index contributed by atoms with van der Waals surface area (Å²) in [6, 6.07) is 0.206. The summed E-state index contributed by atoms with van der Waals surface area (Å²) < 4.78 is 0. The average molecular weight is 472 g/mol. The number of rotatable bonds is 10. The fraction of sp³-hybridized carbons (Fsp3) is 0.806. The predicted molar refractivity (Wildman–Crippen MR) is 145 cm³/mol. The molecule has 0 aliphatic heterocycles. The third kappa shape index (κ3) is 6.86. The normalized spacial score (nSPS) is 35.7. The van der Waals surface area contributed by atoms with E-state index in [1.807, 2.05) is 13.8 Å². The molecule has 0 heterocycles. The number of nitrogens with one attached hydrogen (secondary N) is 1. The summed E-state index contributed by atoms with van der Waals surface area (Å²) in [5.74, 6) is 2.20. The van der Waals surface area contributed by atoms with Crippen LogP contribution in [0.15, 0.2) is 35.5 Å². The number of aliphatic hydroxyl groups is 2. The molecule has 0 aromatic carbocycles. The van der Waals surface area contributed by atoms with Gasteiger partial charge in [-0.1, -0.05) is 64.3 Å². The average Bonchev–Trinajstić information content (AvgIpc) is 3.11. The van der Waals surface area contributed by atoms with Gasteiger partial charge in [-0.2, -0.15) is 0 Å². The Balaban J connectivity index is 1.68. The Kier molecular flexibility index (Phi) is 9.68. The van der Waals surface area contributed by atoms with Crippen molar-refractivity contribution in [2.75, 3.05) is 6.54 Å². The van der Waals surface area contributed by atoms with E-state index in [1.165, 1.54) is 62.5 Å². The zero-order valence-corrected chi connectivity index (χ0v) is 22.8. The molecule has 0 radical (unpaired) electrons. The maximum atomic E-state index is 10.5. The molecule has 3 aliphatic carbocycles. The van der Waals surface area contributed by atoms with E-state index in [2.05, 4.69) is 44.8 Å². The second kappa shape index (κ2) is 11.9. The van der Waals surface area contributed by atoms with Crippen molar-refractivity contribution in [3.8, 4) is 0 Å². The molecule has 6 atom stereocenters. The van der Waals surface area contributed by atoms with Crippen LogP contribution in [0.5, 0.6) is 0 Å². The van der Waals surface area contributed by atoms with E-state index in [1.54, 1.807) is 5.57 Å². The minimum atomic E-state index is -0.544. The van der Waals surface area contributed by atoms with Crippen LogP contribution in [0.2, 0.25) is 0 Å². The van der Waals surface area contributed by atoms with Gasteiger partial charge in [0.05, 0.1) is 11.7 Å². The van der Waals surface area contributed by atoms with Crippen molar-refractivity contribution < 1.29 is 10.2 Å². The van der Waals surface area contributed by atoms with Crippen LogP contribution in [0.1, 0.15) is 112 Å². The smallest absolute Gasteiger partial charge is 0.0598 e. The fourth-order valence-electron chi connectivity index (χ4n) is 7.42. The lowest BCUT2D eigenvalue weighted by molar-refractivity contribution is 0.0596. The van der Waals surface area contributed by atoms with Crippen LogP contribution in [0.3, 0.4) is 0 Å². The minimum absolute atomic E-state index is 0.206. The third-order valence-electron chi connectivity index (χ3n) is 9.39. The van der Waals surface area contributed by atoms with Gasteiger partial charge in [-0.05, 0) is 112 Å². The zero-order chi connectivity index (χ0) is 24.9. The maximum Gasteiger partial charge on any atom is 0.0598 e. The molecule has 0 aromatic heterocycles. The lowest BCUT2D eigenvalue weighted by atomic mass is 9.60. The van der Waals surface area contributed by atoms with E-state index in [9.17, 15) is 10.2 Å². The maximum absolute atomic E-state index is 10.5. The van der Waals surface area contributed by atoms with E-state index >= 15 is 0 Å². The van der Waals surface area contributed by atoms with Gasteiger partial charge in [-0.25, -0.2) is 0 Å². The number of aliphatic hydroxyl groups excluding tert-OH is 1. The van der Waals surface area contributed by atoms with E-state index in [4.69, 9.17) is 0 Å². The number of allylic oxidation sites excluding steroid dienone is 3. The number of fused-ring (bicyclic) bond motifs is 1. The topological polar surface area (TPSA) is 52.5 Å². The molecule has 0 spiro atoms. The van der Waals surface area contributed by atoms with Crippen molar-refractivity contribution in [1.82, 2.24) is 5.32 Å². The highest BCUT2D eigenvalue weighted by molar-refractivity contribution is 5.39. The Morgan fingerprint density at radius 3 is 2.71 bits per heavy atom. The molecule has 3 fully saturated rings. The Bertz CT molecular complexity index is 745. The highest BCUT2D eigenvalue weighted by Gasteiger charge is 2.50. The van der Waals surface area contributed by atoms with Gasteiger partial charge >= 0.3 is 0 Å². The molecular weight excluding hydrogens is 418 g/mol. The van der Waals surface area contributed by atoms with Crippen LogP contribution in [-0.4, -0.2) is 34.5 Å². The second-order valence-corrected chi connectivity index (χ2v) is 12.7. The van der Waals surface area contributed by atoms with E-state index < -0.39 is 5.60 Å². The van der Waals surface area contributed by atoms with Crippen LogP contribution in [0.4, 0.5) is 0 Å². The van der Waals surface area contributed by atoms with Crippen molar-refractivity contribution in [1.29, 1.82) is 0 Å². The second-order valence-electron chi connectivity index (χ2n) is 12.7. The first-order valence-electron chi connectivity index (χ1n) is 14.3. The molecule has 3 heteroatoms. The van der Waals surface area contributed by atoms with Crippen molar-refractivity contribution in [3.05, 3.63) is 35.5 Å². The predicted octanol–water partition coefficient (Wildman–Crippen LogP) is 7.10. The lowest BCUT2D eigenvalue weighted by Gasteiger charge is -2.44. The molecule has 3 rings (SSSR count). The van der Waals surface area contributed by atoms with Gasteiger partial charge in [0.1, 0.15) is 0 Å². The quantitative estimate of drug-likeness (QED) is 0.298. The van der Waals surface area contributed by atoms with Crippen LogP contribution in [0, 0.1) is 23.2 Å². The van der Waals surface area contributed by atoms with Gasteiger partial charge in [0.15, 0.2) is 0 Å². The molecule has 3 nitrogen and oxygen atoms in total. The van der Waals surface area contributed by atoms with Gasteiger partial charge in [0, 0.05) is 6.04 Å². The molecule has 0 unspecified atom stereocenters. The lowest BCUT2D eigenvalue weighted by Crippen LogP contribution is -2.39. The Morgan fingerprint density at radius 2 is 2.00 bits per heavy atom. The first-order valence-corrected chi connectivity index (χ1v) is 14.3. The van der Waals surface area contributed by atoms with Gasteiger partial charge in [-0.3, -0.25) is 0 Å². The number of hydrogen-bond donors (Lipinski definition) is 3. The largest absolute Gasteiger partial charge is 0.393 e. The molecule has 3 aliphatic rings. The summed E-state index contributed by atoms with van der Waals surface area (Å²) in [6.07, 6.45) is 18.1. The van der Waals surface area contributed by atoms with Crippen molar-refractivity contribution in [2.45, 2.75) is 129 Å². The molecule has 194 valence electrons. The van der Waals surface area contributed by atoms with E-state index in [-0.39, 0.29) is 12.1 Å². The van der Waals surface area contributed by atoms with Gasteiger partial charge in [-0.15, -0.1) is 0 Å². The zero-order valence-electron chi connectivity index (χ0n) is 22.8. The third-order valence-corrected chi connectivity index (χ3v) is 9.39. The molecule has 3 saturated carbocycles. The van der Waals surface area contributed by atoms with Gasteiger partial charge in [0.2, 0.25) is 0 Å². The summed E-state index contributed by atoms with van der Waals surface area (Å²) in [5.41, 5.74) is 3.92. The van der Waals surface area contributed by atoms with Gasteiger partial charge < -0.3 is 15.5 Å². The van der Waals surface area contributed by atoms with Crippen LogP contribution >= 0.6 is 0 Å². The Labute approximate surface area is 210 Å². The first kappa shape index (κ1) is 27.7. The molecule has 0 saturated heterocycles. The van der Waals surface area contributed by atoms with Crippen molar-refractivity contribution in [3.63, 3.8) is 0 Å². The van der Waals surface area contributed by atoms with Crippen LogP contribution in [0.25, 0.3) is 0 Å². The van der Waals surface area contributed by atoms with Crippen molar-refractivity contribution in [2.24, 2.45) is 23.2 Å². The highest BCUT2D eigenvalue weighted by Crippen LogP contribution is 2.60. The van der Waals surface area contributed by atoms with E-state index in [0.29, 0.717) is 11.3 Å². The first-order chi connectivity index (χ1) is 16.0. The molecular formula is C31H53NO2. The summed E-state index contributed by atoms with van der Waals surface area (Å²) in [4.78, 5) is 0. The summed E-state index contributed by atoms with van der Waals surface area (Å²) in [5, 5.41) is 24.2. The number of hydrogen-bond acceptors (Lipinski definition) is 3. The Hall–Kier alpha value is -0.900. The molecule has 0 amide bonds. The minimum Gasteiger partial charge on any atom is -0.393 e. The summed E-state index contributed by atoms with van der Waals surface area (Å²) >= 11 is 0. The van der Waals surface area contributed by atoms with Crippen LogP contribution < -0.4 is 5.32 Å². The van der Waals surface area contributed by atoms with Crippen LogP contribution in [-0.2, 0) is 0 Å². The molecule has 3 N–H and O–H groups in total. The summed E-state index contributed by atoms with van der Waals surface area (Å²) in [6.45, 7) is 16.5. The Morgan fingerprint density at radius 1 is 1.24 bits per heavy atom. The monoisotopic (exact) mass is 471 g/mol. The molecule has 34 heavy (non-hydrogen) atoms. The van der Waals surface area contributed by atoms with Gasteiger partial charge in [0.25, 0.3) is 0 Å². The summed E-state index contributed by atoms with van der Waals surface area (Å²) in [7, 11) is 0. The number of unbranched alkanes of at least 4 members (excludes halogenated alkanes) is 1. The molecule has 0 bridgehead atoms. The SMILES string of the molecule is C=C1/C(=C\C=C2/CCC[C@]3(C)[C@@H]([C@H](C)CCCC(C)(C)O)CC[C@@H]23)C[C@@H](O)C[C@@H]1NCCCC. The fourth-order valence-corrected chi connectivity index (χ4v) is 7.42. The van der Waals surface area contributed by atoms with Crippen molar-refractivity contribution >= 4 is 0 Å². The molecule has 0 aromatic rings. The standard InChI is InChI=1S/C31H53NO2/c1-7-8-19-32-29-21-26(33)20-25(23(29)3)14-13-24-12-10-18-31(6)27(15-16-28(24)31)22(2)11-9-17-30(4,5)34/h13-14,22,26-29,32-34H,3,7-12,15-21H2,1-2,4-6H3/b24-13+,25-14-/t22-,26-,27-,28+,29+,31-/m1/s1.